The van der Waals surface area contributed by atoms with Crippen LogP contribution in [0.3, 0.4) is 0 Å². The van der Waals surface area contributed by atoms with Gasteiger partial charge in [-0.15, -0.1) is 0 Å². The summed E-state index contributed by atoms with van der Waals surface area (Å²) in [7, 11) is 1.94. The van der Waals surface area contributed by atoms with Crippen LogP contribution < -0.4 is 5.73 Å². The number of hydrogen-bond acceptors (Lipinski definition) is 2. The minimum absolute atomic E-state index is 0.383. The molecule has 0 aliphatic rings. The fraction of sp³-hybridized carbons (Fsp3) is 0.357. The lowest BCUT2D eigenvalue weighted by Gasteiger charge is -2.07. The molecule has 1 aromatic heterocycles. The number of aryl methyl sites for hydroxylation is 1. The molecule has 0 aliphatic heterocycles. The van der Waals surface area contributed by atoms with Gasteiger partial charge in [0.15, 0.2) is 0 Å². The predicted molar refractivity (Wildman–Crippen MR) is 75.6 cm³/mol. The van der Waals surface area contributed by atoms with E-state index >= 15 is 0 Å². The molecule has 0 spiro atoms. The van der Waals surface area contributed by atoms with Gasteiger partial charge in [-0.3, -0.25) is 4.68 Å². The van der Waals surface area contributed by atoms with Crippen LogP contribution in [0.4, 0.5) is 0 Å². The Bertz CT molecular complexity index is 558. The summed E-state index contributed by atoms with van der Waals surface area (Å²) >= 11 is 6.21. The Labute approximate surface area is 113 Å². The van der Waals surface area contributed by atoms with E-state index in [2.05, 4.69) is 25.0 Å². The molecule has 1 heterocycles. The summed E-state index contributed by atoms with van der Waals surface area (Å²) in [6, 6.07) is 6.00. The van der Waals surface area contributed by atoms with Crippen molar-refractivity contribution < 1.29 is 0 Å². The zero-order valence-corrected chi connectivity index (χ0v) is 11.7. The van der Waals surface area contributed by atoms with Gasteiger partial charge in [0, 0.05) is 30.4 Å². The molecule has 96 valence electrons. The average Bonchev–Trinajstić information content (AvgIpc) is 2.71. The van der Waals surface area contributed by atoms with E-state index in [1.807, 2.05) is 30.1 Å². The first-order chi connectivity index (χ1) is 8.52. The van der Waals surface area contributed by atoms with Crippen LogP contribution in [0, 0.1) is 0 Å². The van der Waals surface area contributed by atoms with Crippen molar-refractivity contribution in [2.24, 2.45) is 12.8 Å². The van der Waals surface area contributed by atoms with Crippen LogP contribution in [-0.2, 0) is 13.6 Å². The van der Waals surface area contributed by atoms with Gasteiger partial charge in [-0.1, -0.05) is 37.6 Å². The van der Waals surface area contributed by atoms with Crippen LogP contribution in [0.15, 0.2) is 24.4 Å². The number of nitrogens with two attached hydrogens (primary N) is 1. The molecule has 2 N–H and O–H groups in total. The van der Waals surface area contributed by atoms with Gasteiger partial charge in [-0.05, 0) is 23.1 Å². The number of aromatic nitrogens is 2. The summed E-state index contributed by atoms with van der Waals surface area (Å²) in [5.74, 6) is 0.383. The largest absolute Gasteiger partial charge is 0.326 e. The maximum absolute atomic E-state index is 6.21. The zero-order chi connectivity index (χ0) is 13.3. The highest BCUT2D eigenvalue weighted by molar-refractivity contribution is 6.31. The molecule has 0 unspecified atom stereocenters. The Kier molecular flexibility index (Phi) is 3.73. The maximum atomic E-state index is 6.21. The van der Waals surface area contributed by atoms with Gasteiger partial charge >= 0.3 is 0 Å². The number of halogens is 1. The minimum atomic E-state index is 0.383. The van der Waals surface area contributed by atoms with Crippen molar-refractivity contribution in [3.63, 3.8) is 0 Å². The van der Waals surface area contributed by atoms with Crippen molar-refractivity contribution in [1.29, 1.82) is 0 Å². The second kappa shape index (κ2) is 5.12. The van der Waals surface area contributed by atoms with Crippen LogP contribution in [0.1, 0.15) is 31.0 Å². The van der Waals surface area contributed by atoms with E-state index < -0.39 is 0 Å². The molecule has 2 rings (SSSR count). The molecule has 2 aromatic rings. The van der Waals surface area contributed by atoms with Crippen molar-refractivity contribution >= 4 is 11.6 Å². The molecule has 0 saturated carbocycles. The SMILES string of the molecule is CC(C)c1nn(C)cc1-c1ccc(CN)c(Cl)c1. The monoisotopic (exact) mass is 263 g/mol. The van der Waals surface area contributed by atoms with Gasteiger partial charge in [-0.25, -0.2) is 0 Å². The molecular weight excluding hydrogens is 246 g/mol. The van der Waals surface area contributed by atoms with E-state index in [9.17, 15) is 0 Å². The van der Waals surface area contributed by atoms with Crippen molar-refractivity contribution in [2.45, 2.75) is 26.3 Å². The predicted octanol–water partition coefficient (Wildman–Crippen LogP) is 3.32. The van der Waals surface area contributed by atoms with Crippen LogP contribution in [-0.4, -0.2) is 9.78 Å². The third kappa shape index (κ3) is 2.42. The summed E-state index contributed by atoms with van der Waals surface area (Å²) < 4.78 is 1.84. The summed E-state index contributed by atoms with van der Waals surface area (Å²) in [5, 5.41) is 5.22. The van der Waals surface area contributed by atoms with E-state index in [1.165, 1.54) is 0 Å². The van der Waals surface area contributed by atoms with E-state index in [-0.39, 0.29) is 0 Å². The van der Waals surface area contributed by atoms with E-state index in [4.69, 9.17) is 17.3 Å². The highest BCUT2D eigenvalue weighted by atomic mass is 35.5. The quantitative estimate of drug-likeness (QED) is 0.923. The van der Waals surface area contributed by atoms with Crippen molar-refractivity contribution in [1.82, 2.24) is 9.78 Å². The van der Waals surface area contributed by atoms with Gasteiger partial charge in [0.05, 0.1) is 5.69 Å². The summed E-state index contributed by atoms with van der Waals surface area (Å²) in [5.41, 5.74) is 9.91. The molecule has 0 aliphatic carbocycles. The second-order valence-electron chi connectivity index (χ2n) is 4.77. The Hall–Kier alpha value is -1.32. The first kappa shape index (κ1) is 13.1. The van der Waals surface area contributed by atoms with Crippen molar-refractivity contribution in [2.75, 3.05) is 0 Å². The summed E-state index contributed by atoms with van der Waals surface area (Å²) in [6.07, 6.45) is 2.03. The normalized spacial score (nSPS) is 11.2. The smallest absolute Gasteiger partial charge is 0.0728 e. The first-order valence-electron chi connectivity index (χ1n) is 6.05. The Morgan fingerprint density at radius 1 is 1.39 bits per heavy atom. The Morgan fingerprint density at radius 3 is 2.67 bits per heavy atom. The molecular formula is C14H18ClN3. The van der Waals surface area contributed by atoms with Gasteiger partial charge in [-0.2, -0.15) is 5.10 Å². The van der Waals surface area contributed by atoms with Gasteiger partial charge in [0.25, 0.3) is 0 Å². The highest BCUT2D eigenvalue weighted by Crippen LogP contribution is 2.30. The third-order valence-corrected chi connectivity index (χ3v) is 3.34. The topological polar surface area (TPSA) is 43.8 Å². The molecule has 1 aromatic carbocycles. The molecule has 0 saturated heterocycles. The highest BCUT2D eigenvalue weighted by Gasteiger charge is 2.13. The zero-order valence-electron chi connectivity index (χ0n) is 10.9. The van der Waals surface area contributed by atoms with Gasteiger partial charge in [0.1, 0.15) is 0 Å². The fourth-order valence-electron chi connectivity index (χ4n) is 2.03. The molecule has 0 atom stereocenters. The van der Waals surface area contributed by atoms with E-state index in [0.717, 1.165) is 22.4 Å². The van der Waals surface area contributed by atoms with Crippen LogP contribution >= 0.6 is 11.6 Å². The van der Waals surface area contributed by atoms with E-state index in [0.29, 0.717) is 17.5 Å². The van der Waals surface area contributed by atoms with Crippen LogP contribution in [0.5, 0.6) is 0 Å². The van der Waals surface area contributed by atoms with Crippen molar-refractivity contribution in [3.8, 4) is 11.1 Å². The number of hydrogen-bond donors (Lipinski definition) is 1. The molecule has 0 amide bonds. The first-order valence-corrected chi connectivity index (χ1v) is 6.43. The van der Waals surface area contributed by atoms with Crippen LogP contribution in [0.2, 0.25) is 5.02 Å². The summed E-state index contributed by atoms with van der Waals surface area (Å²) in [4.78, 5) is 0. The minimum Gasteiger partial charge on any atom is -0.326 e. The Balaban J connectivity index is 2.51. The molecule has 0 radical (unpaired) electrons. The lowest BCUT2D eigenvalue weighted by Crippen LogP contribution is -1.97. The van der Waals surface area contributed by atoms with Crippen LogP contribution in [0.25, 0.3) is 11.1 Å². The van der Waals surface area contributed by atoms with Gasteiger partial charge in [0.2, 0.25) is 0 Å². The molecule has 3 nitrogen and oxygen atoms in total. The third-order valence-electron chi connectivity index (χ3n) is 2.99. The standard InChI is InChI=1S/C14H18ClN3/c1-9(2)14-12(8-18(3)17-14)10-4-5-11(7-16)13(15)6-10/h4-6,8-9H,7,16H2,1-3H3. The lowest BCUT2D eigenvalue weighted by atomic mass is 9.99. The molecule has 0 fully saturated rings. The maximum Gasteiger partial charge on any atom is 0.0728 e. The Morgan fingerprint density at radius 2 is 2.11 bits per heavy atom. The molecule has 0 bridgehead atoms. The van der Waals surface area contributed by atoms with Crippen molar-refractivity contribution in [3.05, 3.63) is 40.7 Å². The number of rotatable bonds is 3. The molecule has 4 heteroatoms. The number of benzene rings is 1. The van der Waals surface area contributed by atoms with E-state index in [1.54, 1.807) is 0 Å². The average molecular weight is 264 g/mol. The number of nitrogens with zero attached hydrogens (tertiary/aromatic N) is 2. The molecule has 18 heavy (non-hydrogen) atoms. The lowest BCUT2D eigenvalue weighted by molar-refractivity contribution is 0.713. The summed E-state index contributed by atoms with van der Waals surface area (Å²) in [6.45, 7) is 4.74. The second-order valence-corrected chi connectivity index (χ2v) is 5.17. The van der Waals surface area contributed by atoms with Gasteiger partial charge < -0.3 is 5.73 Å². The fourth-order valence-corrected chi connectivity index (χ4v) is 2.29.